The predicted molar refractivity (Wildman–Crippen MR) is 87.1 cm³/mol. The normalized spacial score (nSPS) is 12.8. The van der Waals surface area contributed by atoms with Crippen LogP contribution in [0.15, 0.2) is 30.3 Å². The zero-order valence-electron chi connectivity index (χ0n) is 13.0. The molecule has 1 atom stereocenters. The Balaban J connectivity index is 2.36. The first-order valence-corrected chi connectivity index (χ1v) is 7.48. The molecule has 20 heavy (non-hydrogen) atoms. The number of benzene rings is 1. The van der Waals surface area contributed by atoms with Gasteiger partial charge in [-0.15, -0.1) is 0 Å². The lowest BCUT2D eigenvalue weighted by Crippen LogP contribution is -2.28. The number of pyridine rings is 1. The van der Waals surface area contributed by atoms with Gasteiger partial charge in [0.25, 0.3) is 0 Å². The zero-order chi connectivity index (χ0) is 14.5. The fraction of sp³-hybridized carbons (Fsp3) is 0.471. The van der Waals surface area contributed by atoms with Crippen LogP contribution >= 0.6 is 0 Å². The summed E-state index contributed by atoms with van der Waals surface area (Å²) in [5, 5.41) is 4.60. The summed E-state index contributed by atoms with van der Waals surface area (Å²) in [6.07, 6.45) is 1.16. The Labute approximate surface area is 122 Å². The van der Waals surface area contributed by atoms with Gasteiger partial charge >= 0.3 is 0 Å². The number of nitrogens with zero attached hydrogens (tertiary/aromatic N) is 2. The molecule has 1 N–H and O–H groups in total. The topological polar surface area (TPSA) is 28.2 Å². The summed E-state index contributed by atoms with van der Waals surface area (Å²) in [6, 6.07) is 11.1. The number of hydrogen-bond donors (Lipinski definition) is 1. The van der Waals surface area contributed by atoms with Gasteiger partial charge in [-0.2, -0.15) is 0 Å². The van der Waals surface area contributed by atoms with Crippen LogP contribution in [-0.2, 0) is 6.54 Å². The van der Waals surface area contributed by atoms with E-state index in [4.69, 9.17) is 4.98 Å². The van der Waals surface area contributed by atoms with Crippen LogP contribution < -0.4 is 5.32 Å². The number of rotatable bonds is 6. The maximum Gasteiger partial charge on any atom is 0.131 e. The van der Waals surface area contributed by atoms with E-state index in [1.54, 1.807) is 0 Å². The molecule has 3 heteroatoms. The quantitative estimate of drug-likeness (QED) is 0.863. The Hall–Kier alpha value is -1.61. The van der Waals surface area contributed by atoms with Crippen molar-refractivity contribution in [1.29, 1.82) is 0 Å². The average Bonchev–Trinajstić information content (AvgIpc) is 2.47. The van der Waals surface area contributed by atoms with Crippen molar-refractivity contribution in [3.63, 3.8) is 0 Å². The molecule has 0 radical (unpaired) electrons. The van der Waals surface area contributed by atoms with E-state index in [2.05, 4.69) is 62.3 Å². The van der Waals surface area contributed by atoms with Crippen molar-refractivity contribution in [2.45, 2.75) is 39.8 Å². The minimum absolute atomic E-state index is 0.580. The van der Waals surface area contributed by atoms with Gasteiger partial charge in [0.05, 0.1) is 5.52 Å². The molecule has 2 aromatic rings. The summed E-state index contributed by atoms with van der Waals surface area (Å²) in [7, 11) is 2.18. The highest BCUT2D eigenvalue weighted by atomic mass is 15.1. The Morgan fingerprint density at radius 1 is 1.25 bits per heavy atom. The number of fused-ring (bicyclic) bond motifs is 1. The molecular weight excluding hydrogens is 246 g/mol. The second-order valence-electron chi connectivity index (χ2n) is 5.39. The van der Waals surface area contributed by atoms with Gasteiger partial charge < -0.3 is 5.32 Å². The van der Waals surface area contributed by atoms with Gasteiger partial charge in [-0.25, -0.2) is 4.98 Å². The molecule has 0 aliphatic heterocycles. The monoisotopic (exact) mass is 271 g/mol. The van der Waals surface area contributed by atoms with Crippen LogP contribution in [0.1, 0.15) is 32.8 Å². The van der Waals surface area contributed by atoms with Crippen molar-refractivity contribution < 1.29 is 0 Å². The van der Waals surface area contributed by atoms with E-state index < -0.39 is 0 Å². The van der Waals surface area contributed by atoms with Crippen LogP contribution in [0.2, 0.25) is 0 Å². The lowest BCUT2D eigenvalue weighted by atomic mass is 10.1. The van der Waals surface area contributed by atoms with Crippen molar-refractivity contribution >= 4 is 16.7 Å². The van der Waals surface area contributed by atoms with E-state index in [0.717, 1.165) is 30.8 Å². The molecule has 1 heterocycles. The van der Waals surface area contributed by atoms with Gasteiger partial charge in [-0.1, -0.05) is 25.1 Å². The van der Waals surface area contributed by atoms with Crippen molar-refractivity contribution in [2.24, 2.45) is 0 Å². The third kappa shape index (κ3) is 3.28. The maximum absolute atomic E-state index is 4.77. The van der Waals surface area contributed by atoms with Crippen LogP contribution in [0.25, 0.3) is 10.9 Å². The first-order valence-electron chi connectivity index (χ1n) is 7.48. The number of para-hydroxylation sites is 1. The molecule has 2 rings (SSSR count). The fourth-order valence-corrected chi connectivity index (χ4v) is 2.34. The molecule has 3 nitrogen and oxygen atoms in total. The molecule has 1 aromatic heterocycles. The SMILES string of the molecule is CCNc1nc2ccccc2cc1CN(C)C(C)CC. The minimum atomic E-state index is 0.580. The fourth-order valence-electron chi connectivity index (χ4n) is 2.34. The summed E-state index contributed by atoms with van der Waals surface area (Å²) < 4.78 is 0. The van der Waals surface area contributed by atoms with Gasteiger partial charge in [0, 0.05) is 30.1 Å². The second kappa shape index (κ2) is 6.71. The molecule has 0 bridgehead atoms. The molecule has 1 unspecified atom stereocenters. The molecule has 0 saturated carbocycles. The molecule has 108 valence electrons. The van der Waals surface area contributed by atoms with Gasteiger partial charge in [-0.3, -0.25) is 4.90 Å². The smallest absolute Gasteiger partial charge is 0.131 e. The Morgan fingerprint density at radius 2 is 2.00 bits per heavy atom. The summed E-state index contributed by atoms with van der Waals surface area (Å²) >= 11 is 0. The summed E-state index contributed by atoms with van der Waals surface area (Å²) in [5.74, 6) is 1.02. The summed E-state index contributed by atoms with van der Waals surface area (Å²) in [4.78, 5) is 7.15. The molecule has 0 saturated heterocycles. The second-order valence-corrected chi connectivity index (χ2v) is 5.39. The molecule has 0 fully saturated rings. The van der Waals surface area contributed by atoms with E-state index in [-0.39, 0.29) is 0 Å². The molecule has 0 aliphatic carbocycles. The van der Waals surface area contributed by atoms with Gasteiger partial charge in [0.1, 0.15) is 5.82 Å². The van der Waals surface area contributed by atoms with Crippen molar-refractivity contribution in [1.82, 2.24) is 9.88 Å². The number of aromatic nitrogens is 1. The lowest BCUT2D eigenvalue weighted by molar-refractivity contribution is 0.244. The lowest BCUT2D eigenvalue weighted by Gasteiger charge is -2.24. The van der Waals surface area contributed by atoms with Crippen LogP contribution in [0, 0.1) is 0 Å². The predicted octanol–water partition coefficient (Wildman–Crippen LogP) is 3.90. The highest BCUT2D eigenvalue weighted by Gasteiger charge is 2.12. The van der Waals surface area contributed by atoms with Crippen molar-refractivity contribution in [3.05, 3.63) is 35.9 Å². The first-order chi connectivity index (χ1) is 9.65. The number of hydrogen-bond acceptors (Lipinski definition) is 3. The summed E-state index contributed by atoms with van der Waals surface area (Å²) in [6.45, 7) is 8.42. The maximum atomic E-state index is 4.77. The standard InChI is InChI=1S/C17H25N3/c1-5-13(3)20(4)12-15-11-14-9-7-8-10-16(14)19-17(15)18-6-2/h7-11,13H,5-6,12H2,1-4H3,(H,18,19). The highest BCUT2D eigenvalue weighted by Crippen LogP contribution is 2.22. The molecule has 0 aliphatic rings. The number of anilines is 1. The molecule has 0 amide bonds. The van der Waals surface area contributed by atoms with Crippen LogP contribution in [-0.4, -0.2) is 29.5 Å². The van der Waals surface area contributed by atoms with Gasteiger partial charge in [-0.05, 0) is 39.4 Å². The summed E-state index contributed by atoms with van der Waals surface area (Å²) in [5.41, 5.74) is 2.33. The van der Waals surface area contributed by atoms with E-state index >= 15 is 0 Å². The van der Waals surface area contributed by atoms with Crippen LogP contribution in [0.5, 0.6) is 0 Å². The van der Waals surface area contributed by atoms with Crippen molar-refractivity contribution in [2.75, 3.05) is 18.9 Å². The Morgan fingerprint density at radius 3 is 2.70 bits per heavy atom. The molecular formula is C17H25N3. The molecule has 0 spiro atoms. The third-order valence-corrected chi connectivity index (χ3v) is 3.91. The van der Waals surface area contributed by atoms with E-state index in [1.807, 2.05) is 6.07 Å². The minimum Gasteiger partial charge on any atom is -0.370 e. The zero-order valence-corrected chi connectivity index (χ0v) is 13.0. The van der Waals surface area contributed by atoms with Crippen LogP contribution in [0.4, 0.5) is 5.82 Å². The molecule has 1 aromatic carbocycles. The van der Waals surface area contributed by atoms with Crippen LogP contribution in [0.3, 0.4) is 0 Å². The van der Waals surface area contributed by atoms with E-state index in [0.29, 0.717) is 6.04 Å². The van der Waals surface area contributed by atoms with Gasteiger partial charge in [0.2, 0.25) is 0 Å². The number of nitrogens with one attached hydrogen (secondary N) is 1. The third-order valence-electron chi connectivity index (χ3n) is 3.91. The Kier molecular flexibility index (Phi) is 4.96. The van der Waals surface area contributed by atoms with E-state index in [9.17, 15) is 0 Å². The first kappa shape index (κ1) is 14.8. The Bertz CT molecular complexity index is 565. The van der Waals surface area contributed by atoms with E-state index in [1.165, 1.54) is 10.9 Å². The largest absolute Gasteiger partial charge is 0.370 e. The van der Waals surface area contributed by atoms with Gasteiger partial charge in [0.15, 0.2) is 0 Å². The van der Waals surface area contributed by atoms with Crippen molar-refractivity contribution in [3.8, 4) is 0 Å². The average molecular weight is 271 g/mol. The highest BCUT2D eigenvalue weighted by molar-refractivity contribution is 5.81.